The van der Waals surface area contributed by atoms with Gasteiger partial charge in [-0.25, -0.2) is 0 Å². The number of benzene rings is 2. The van der Waals surface area contributed by atoms with E-state index in [1.165, 1.54) is 6.92 Å². The van der Waals surface area contributed by atoms with Gasteiger partial charge in [0.2, 0.25) is 17.7 Å². The summed E-state index contributed by atoms with van der Waals surface area (Å²) in [7, 11) is 0. The van der Waals surface area contributed by atoms with E-state index >= 15 is 0 Å². The van der Waals surface area contributed by atoms with Crippen molar-refractivity contribution in [3.05, 3.63) is 75.7 Å². The number of amides is 3. The molecule has 2 heterocycles. The van der Waals surface area contributed by atoms with E-state index in [0.29, 0.717) is 34.6 Å². The molecule has 2 unspecified atom stereocenters. The summed E-state index contributed by atoms with van der Waals surface area (Å²) >= 11 is 6.12. The van der Waals surface area contributed by atoms with E-state index in [0.717, 1.165) is 11.8 Å². The number of halogens is 1. The van der Waals surface area contributed by atoms with Crippen molar-refractivity contribution in [2.75, 3.05) is 18.4 Å². The second kappa shape index (κ2) is 8.85. The molecule has 1 aliphatic heterocycles. The smallest absolute Gasteiger partial charge is 0.255 e. The third-order valence-corrected chi connectivity index (χ3v) is 7.44. The van der Waals surface area contributed by atoms with E-state index in [4.69, 9.17) is 11.6 Å². The zero-order valence-corrected chi connectivity index (χ0v) is 19.9. The highest BCUT2D eigenvalue weighted by atomic mass is 35.5. The predicted molar refractivity (Wildman–Crippen MR) is 133 cm³/mol. The molecule has 0 spiro atoms. The lowest BCUT2D eigenvalue weighted by molar-refractivity contribution is -0.137. The van der Waals surface area contributed by atoms with Crippen LogP contribution in [-0.4, -0.2) is 40.7 Å². The van der Waals surface area contributed by atoms with Crippen LogP contribution in [0, 0.1) is 11.3 Å². The quantitative estimate of drug-likeness (QED) is 0.507. The summed E-state index contributed by atoms with van der Waals surface area (Å²) in [4.78, 5) is 55.3. The first-order valence-electron chi connectivity index (χ1n) is 11.5. The molecule has 2 aromatic carbocycles. The minimum absolute atomic E-state index is 0.0349. The van der Waals surface area contributed by atoms with Gasteiger partial charge in [-0.1, -0.05) is 29.8 Å². The van der Waals surface area contributed by atoms with Gasteiger partial charge >= 0.3 is 0 Å². The highest BCUT2D eigenvalue weighted by Gasteiger charge is 2.59. The molecule has 9 heteroatoms. The van der Waals surface area contributed by atoms with E-state index in [1.807, 2.05) is 0 Å². The van der Waals surface area contributed by atoms with Crippen molar-refractivity contribution >= 4 is 45.8 Å². The van der Waals surface area contributed by atoms with E-state index in [9.17, 15) is 19.2 Å². The van der Waals surface area contributed by atoms with Crippen molar-refractivity contribution in [2.45, 2.75) is 25.8 Å². The number of anilines is 1. The largest absolute Gasteiger partial charge is 0.341 e. The zero-order chi connectivity index (χ0) is 24.7. The number of carbonyl (C=O) groups excluding carboxylic acids is 3. The van der Waals surface area contributed by atoms with Crippen molar-refractivity contribution in [3.8, 4) is 0 Å². The number of nitrogens with zero attached hydrogens (tertiary/aromatic N) is 1. The second-order valence-electron chi connectivity index (χ2n) is 9.36. The van der Waals surface area contributed by atoms with Crippen molar-refractivity contribution in [1.82, 2.24) is 15.2 Å². The monoisotopic (exact) mass is 492 g/mol. The van der Waals surface area contributed by atoms with E-state index in [2.05, 4.69) is 15.6 Å². The normalized spacial score (nSPS) is 21.7. The van der Waals surface area contributed by atoms with Gasteiger partial charge in [-0.2, -0.15) is 0 Å². The van der Waals surface area contributed by atoms with Crippen LogP contribution in [0.2, 0.25) is 5.02 Å². The first-order chi connectivity index (χ1) is 16.8. The SMILES string of the molecule is CC(=O)N[C@@H](C(=O)N1CC2CCC2(C(=O)Nc2ccc3cc[nH]c(=O)c3c2)C1)c1cccc(Cl)c1. The summed E-state index contributed by atoms with van der Waals surface area (Å²) in [5, 5.41) is 7.45. The first kappa shape index (κ1) is 23.1. The molecule has 2 aliphatic rings. The number of rotatable bonds is 5. The molecule has 3 N–H and O–H groups in total. The molecule has 3 amide bonds. The fraction of sp³-hybridized carbons (Fsp3) is 0.308. The fourth-order valence-corrected chi connectivity index (χ4v) is 5.46. The maximum absolute atomic E-state index is 13.5. The molecular formula is C26H25ClN4O4. The Bertz CT molecular complexity index is 1400. The Morgan fingerprint density at radius 3 is 2.71 bits per heavy atom. The first-order valence-corrected chi connectivity index (χ1v) is 11.9. The van der Waals surface area contributed by atoms with Gasteiger partial charge in [0.1, 0.15) is 6.04 Å². The molecule has 5 rings (SSSR count). The van der Waals surface area contributed by atoms with Gasteiger partial charge in [-0.3, -0.25) is 19.2 Å². The average Bonchev–Trinajstić information content (AvgIpc) is 3.08. The van der Waals surface area contributed by atoms with E-state index < -0.39 is 11.5 Å². The number of hydrogen-bond donors (Lipinski definition) is 3. The van der Waals surface area contributed by atoms with Crippen LogP contribution in [0.4, 0.5) is 5.69 Å². The number of fused-ring (bicyclic) bond motifs is 2. The van der Waals surface area contributed by atoms with E-state index in [-0.39, 0.29) is 35.7 Å². The number of carbonyl (C=O) groups is 3. The summed E-state index contributed by atoms with van der Waals surface area (Å²) < 4.78 is 0. The number of H-pyrrole nitrogens is 1. The summed E-state index contributed by atoms with van der Waals surface area (Å²) in [6, 6.07) is 13.0. The number of aromatic nitrogens is 1. The Kier molecular flexibility index (Phi) is 5.84. The van der Waals surface area contributed by atoms with Gasteiger partial charge in [0.15, 0.2) is 0 Å². The van der Waals surface area contributed by atoms with Crippen LogP contribution >= 0.6 is 11.6 Å². The number of nitrogens with one attached hydrogen (secondary N) is 3. The summed E-state index contributed by atoms with van der Waals surface area (Å²) in [5.74, 6) is -0.715. The van der Waals surface area contributed by atoms with Gasteiger partial charge in [0.25, 0.3) is 5.56 Å². The van der Waals surface area contributed by atoms with Gasteiger partial charge in [-0.05, 0) is 60.0 Å². The minimum atomic E-state index is -0.879. The number of aromatic amines is 1. The molecule has 1 saturated carbocycles. The van der Waals surface area contributed by atoms with Gasteiger partial charge < -0.3 is 20.5 Å². The summed E-state index contributed by atoms with van der Waals surface area (Å²) in [6.07, 6.45) is 3.10. The maximum atomic E-state index is 13.5. The molecule has 1 aromatic heterocycles. The number of hydrogen-bond acceptors (Lipinski definition) is 4. The van der Waals surface area contributed by atoms with Crippen molar-refractivity contribution in [3.63, 3.8) is 0 Å². The number of likely N-dealkylation sites (tertiary alicyclic amines) is 1. The summed E-state index contributed by atoms with van der Waals surface area (Å²) in [6.45, 7) is 2.08. The molecule has 3 atom stereocenters. The molecule has 1 aliphatic carbocycles. The topological polar surface area (TPSA) is 111 Å². The Morgan fingerprint density at radius 2 is 2.00 bits per heavy atom. The molecule has 0 radical (unpaired) electrons. The van der Waals surface area contributed by atoms with Gasteiger partial charge in [-0.15, -0.1) is 0 Å². The molecule has 0 bridgehead atoms. The van der Waals surface area contributed by atoms with Crippen LogP contribution < -0.4 is 16.2 Å². The van der Waals surface area contributed by atoms with Crippen LogP contribution in [0.25, 0.3) is 10.8 Å². The fourth-order valence-electron chi connectivity index (χ4n) is 5.26. The minimum Gasteiger partial charge on any atom is -0.341 e. The molecule has 2 fully saturated rings. The van der Waals surface area contributed by atoms with Crippen molar-refractivity contribution in [2.24, 2.45) is 11.3 Å². The lowest BCUT2D eigenvalue weighted by Crippen LogP contribution is -2.49. The Hall–Kier alpha value is -3.65. The van der Waals surface area contributed by atoms with Gasteiger partial charge in [0, 0.05) is 42.3 Å². The molecule has 1 saturated heterocycles. The molecule has 35 heavy (non-hydrogen) atoms. The van der Waals surface area contributed by atoms with E-state index in [1.54, 1.807) is 59.6 Å². The van der Waals surface area contributed by atoms with Gasteiger partial charge in [0.05, 0.1) is 5.41 Å². The van der Waals surface area contributed by atoms with Crippen molar-refractivity contribution < 1.29 is 14.4 Å². The molecule has 180 valence electrons. The van der Waals surface area contributed by atoms with Crippen LogP contribution in [-0.2, 0) is 14.4 Å². The van der Waals surface area contributed by atoms with Crippen LogP contribution in [0.1, 0.15) is 31.4 Å². The Labute approximate surface area is 206 Å². The number of pyridine rings is 1. The lowest BCUT2D eigenvalue weighted by atomic mass is 9.61. The molecule has 3 aromatic rings. The Morgan fingerprint density at radius 1 is 1.17 bits per heavy atom. The predicted octanol–water partition coefficient (Wildman–Crippen LogP) is 3.24. The summed E-state index contributed by atoms with van der Waals surface area (Å²) in [5.41, 5.74) is 0.222. The molecular weight excluding hydrogens is 468 g/mol. The zero-order valence-electron chi connectivity index (χ0n) is 19.1. The third kappa shape index (κ3) is 4.18. The van der Waals surface area contributed by atoms with Crippen LogP contribution in [0.15, 0.2) is 59.5 Å². The van der Waals surface area contributed by atoms with Crippen LogP contribution in [0.5, 0.6) is 0 Å². The molecule has 8 nitrogen and oxygen atoms in total. The highest BCUT2D eigenvalue weighted by Crippen LogP contribution is 2.53. The standard InChI is InChI=1S/C26H25ClN4O4/c1-15(32)29-22(17-3-2-4-19(27)11-17)24(34)31-13-18-7-9-26(18,14-31)25(35)30-20-6-5-16-8-10-28-23(33)21(16)12-20/h2-6,8,10-12,18,22H,7,9,13-14H2,1H3,(H,28,33)(H,29,32)(H,30,35)/t18?,22-,26?/m1/s1. The third-order valence-electron chi connectivity index (χ3n) is 7.21. The maximum Gasteiger partial charge on any atom is 0.255 e. The second-order valence-corrected chi connectivity index (χ2v) is 9.80. The Balaban J connectivity index is 1.36. The highest BCUT2D eigenvalue weighted by molar-refractivity contribution is 6.30. The van der Waals surface area contributed by atoms with Crippen LogP contribution in [0.3, 0.4) is 0 Å². The lowest BCUT2D eigenvalue weighted by Gasteiger charge is -2.42. The van der Waals surface area contributed by atoms with Crippen molar-refractivity contribution in [1.29, 1.82) is 0 Å². The average molecular weight is 493 g/mol.